The minimum Gasteiger partial charge on any atom is -0.396 e. The highest BCUT2D eigenvalue weighted by molar-refractivity contribution is 6.42. The van der Waals surface area contributed by atoms with Crippen molar-refractivity contribution >= 4 is 34.8 Å². The zero-order chi connectivity index (χ0) is 24.4. The lowest BCUT2D eigenvalue weighted by molar-refractivity contribution is -0.129. The van der Waals surface area contributed by atoms with E-state index in [1.807, 2.05) is 41.3 Å². The van der Waals surface area contributed by atoms with E-state index in [1.54, 1.807) is 6.20 Å². The Morgan fingerprint density at radius 3 is 2.66 bits per heavy atom. The van der Waals surface area contributed by atoms with Gasteiger partial charge in [0.2, 0.25) is 0 Å². The maximum atomic E-state index is 13.2. The lowest BCUT2D eigenvalue weighted by Gasteiger charge is -2.45. The van der Waals surface area contributed by atoms with Crippen molar-refractivity contribution in [2.45, 2.75) is 38.1 Å². The summed E-state index contributed by atoms with van der Waals surface area (Å²) in [5.41, 5.74) is 3.04. The summed E-state index contributed by atoms with van der Waals surface area (Å²) in [7, 11) is 0. The second-order valence-corrected chi connectivity index (χ2v) is 11.0. The van der Waals surface area contributed by atoms with Crippen LogP contribution in [0.5, 0.6) is 0 Å². The van der Waals surface area contributed by atoms with Crippen LogP contribution in [0.2, 0.25) is 10.0 Å². The fourth-order valence-corrected chi connectivity index (χ4v) is 6.31. The monoisotopic (exact) mass is 513 g/mol. The number of benzene rings is 1. The minimum atomic E-state index is 0.141. The molecule has 2 saturated heterocycles. The third kappa shape index (κ3) is 5.59. The molecule has 1 unspecified atom stereocenters. The number of carbonyl (C=O) groups excluding carboxylic acids is 1. The van der Waals surface area contributed by atoms with Crippen LogP contribution in [0.3, 0.4) is 0 Å². The Labute approximate surface area is 217 Å². The summed E-state index contributed by atoms with van der Waals surface area (Å²) < 4.78 is 0. The number of fused-ring (bicyclic) bond motifs is 1. The maximum Gasteiger partial charge on any atom is 0.251 e. The molecule has 0 spiro atoms. The lowest BCUT2D eigenvalue weighted by atomic mass is 9.80. The molecule has 2 fully saturated rings. The number of piperidine rings is 2. The van der Waals surface area contributed by atoms with Crippen LogP contribution < -0.4 is 0 Å². The van der Waals surface area contributed by atoms with Crippen molar-refractivity contribution in [3.8, 4) is 0 Å². The van der Waals surface area contributed by atoms with Gasteiger partial charge in [-0.15, -0.1) is 0 Å². The molecule has 7 heteroatoms. The topological polar surface area (TPSA) is 56.1 Å². The van der Waals surface area contributed by atoms with Gasteiger partial charge in [0.25, 0.3) is 5.91 Å². The van der Waals surface area contributed by atoms with Gasteiger partial charge in [-0.3, -0.25) is 14.7 Å². The third-order valence-electron chi connectivity index (χ3n) is 8.09. The SMILES string of the molecule is O=C(C1=CN=C2C=CC=CC2C1)N1CCC(N2CC[C@H](Cc3ccc(Cl)c(Cl)c3)[C@H](CO)C2)CC1. The molecule has 0 radical (unpaired) electrons. The van der Waals surface area contributed by atoms with Crippen LogP contribution in [0.4, 0.5) is 0 Å². The van der Waals surface area contributed by atoms with E-state index in [1.165, 1.54) is 5.56 Å². The Morgan fingerprint density at radius 2 is 1.89 bits per heavy atom. The van der Waals surface area contributed by atoms with Gasteiger partial charge < -0.3 is 10.0 Å². The molecular weight excluding hydrogens is 481 g/mol. The number of nitrogens with zero attached hydrogens (tertiary/aromatic N) is 3. The van der Waals surface area contributed by atoms with Crippen LogP contribution in [0.25, 0.3) is 0 Å². The first-order valence-corrected chi connectivity index (χ1v) is 13.5. The molecule has 5 nitrogen and oxygen atoms in total. The second-order valence-electron chi connectivity index (χ2n) is 10.2. The smallest absolute Gasteiger partial charge is 0.251 e. The summed E-state index contributed by atoms with van der Waals surface area (Å²) in [6.45, 7) is 3.70. The van der Waals surface area contributed by atoms with E-state index in [-0.39, 0.29) is 24.3 Å². The zero-order valence-corrected chi connectivity index (χ0v) is 21.5. The predicted molar refractivity (Wildman–Crippen MR) is 142 cm³/mol. The molecule has 1 aromatic rings. The number of carbonyl (C=O) groups is 1. The summed E-state index contributed by atoms with van der Waals surface area (Å²) in [6, 6.07) is 6.31. The van der Waals surface area contributed by atoms with Gasteiger partial charge in [0, 0.05) is 55.7 Å². The first-order chi connectivity index (χ1) is 17.0. The number of amides is 1. The molecule has 1 amide bonds. The molecule has 0 saturated carbocycles. The molecule has 0 bridgehead atoms. The third-order valence-corrected chi connectivity index (χ3v) is 8.83. The lowest BCUT2D eigenvalue weighted by Crippen LogP contribution is -2.52. The van der Waals surface area contributed by atoms with E-state index in [2.05, 4.69) is 16.0 Å². The normalized spacial score (nSPS) is 27.4. The number of aliphatic hydroxyl groups is 1. The van der Waals surface area contributed by atoms with Crippen molar-refractivity contribution in [2.75, 3.05) is 32.8 Å². The largest absolute Gasteiger partial charge is 0.396 e. The number of allylic oxidation sites excluding steroid dienone is 4. The van der Waals surface area contributed by atoms with Crippen LogP contribution >= 0.6 is 23.2 Å². The van der Waals surface area contributed by atoms with Crippen LogP contribution in [0.1, 0.15) is 31.2 Å². The van der Waals surface area contributed by atoms with E-state index >= 15 is 0 Å². The van der Waals surface area contributed by atoms with Crippen molar-refractivity contribution in [1.82, 2.24) is 9.80 Å². The maximum absolute atomic E-state index is 13.2. The van der Waals surface area contributed by atoms with Gasteiger partial charge in [0.05, 0.1) is 10.0 Å². The number of rotatable bonds is 5. The molecule has 35 heavy (non-hydrogen) atoms. The summed E-state index contributed by atoms with van der Waals surface area (Å²) in [5, 5.41) is 11.3. The quantitative estimate of drug-likeness (QED) is 0.607. The fourth-order valence-electron chi connectivity index (χ4n) is 5.99. The average molecular weight is 514 g/mol. The van der Waals surface area contributed by atoms with E-state index in [4.69, 9.17) is 23.2 Å². The Morgan fingerprint density at radius 1 is 1.06 bits per heavy atom. The van der Waals surface area contributed by atoms with Crippen molar-refractivity contribution in [3.63, 3.8) is 0 Å². The number of aliphatic imine (C=N–C) groups is 1. The van der Waals surface area contributed by atoms with E-state index in [0.29, 0.717) is 22.0 Å². The van der Waals surface area contributed by atoms with Crippen LogP contribution in [0.15, 0.2) is 59.3 Å². The summed E-state index contributed by atoms with van der Waals surface area (Å²) in [5.74, 6) is 1.04. The van der Waals surface area contributed by atoms with Crippen molar-refractivity contribution in [1.29, 1.82) is 0 Å². The first-order valence-electron chi connectivity index (χ1n) is 12.7. The molecule has 4 aliphatic rings. The summed E-state index contributed by atoms with van der Waals surface area (Å²) in [4.78, 5) is 22.2. The molecule has 1 N–H and O–H groups in total. The van der Waals surface area contributed by atoms with Crippen molar-refractivity contribution in [3.05, 3.63) is 69.9 Å². The van der Waals surface area contributed by atoms with Crippen LogP contribution in [-0.2, 0) is 11.2 Å². The van der Waals surface area contributed by atoms with Crippen LogP contribution in [-0.4, -0.2) is 65.4 Å². The molecule has 3 heterocycles. The molecule has 0 aromatic heterocycles. The van der Waals surface area contributed by atoms with Gasteiger partial charge in [-0.2, -0.15) is 0 Å². The van der Waals surface area contributed by atoms with Gasteiger partial charge in [-0.05, 0) is 74.3 Å². The standard InChI is InChI=1S/C28H33Cl2N3O2/c29-25-6-5-19(14-26(25)30)13-20-7-10-33(17-23(20)18-34)24-8-11-32(12-9-24)28(35)22-15-21-3-1-2-4-27(21)31-16-22/h1-6,14,16,20-21,23-24,34H,7-13,15,17-18H2/t20-,21?,23+/m1/s1. The van der Waals surface area contributed by atoms with Gasteiger partial charge >= 0.3 is 0 Å². The molecule has 186 valence electrons. The van der Waals surface area contributed by atoms with E-state index < -0.39 is 0 Å². The minimum absolute atomic E-state index is 0.141. The van der Waals surface area contributed by atoms with Gasteiger partial charge in [0.15, 0.2) is 0 Å². The molecular formula is C28H33Cl2N3O2. The molecule has 5 rings (SSSR count). The highest BCUT2D eigenvalue weighted by Crippen LogP contribution is 2.32. The Kier molecular flexibility index (Phi) is 7.78. The Bertz CT molecular complexity index is 1070. The summed E-state index contributed by atoms with van der Waals surface area (Å²) in [6.07, 6.45) is 14.6. The molecule has 1 aromatic carbocycles. The number of hydrogen-bond acceptors (Lipinski definition) is 4. The highest BCUT2D eigenvalue weighted by Gasteiger charge is 2.35. The molecule has 3 aliphatic heterocycles. The van der Waals surface area contributed by atoms with Gasteiger partial charge in [0.1, 0.15) is 0 Å². The summed E-state index contributed by atoms with van der Waals surface area (Å²) >= 11 is 12.3. The van der Waals surface area contributed by atoms with E-state index in [0.717, 1.165) is 69.6 Å². The first kappa shape index (κ1) is 24.8. The fraction of sp³-hybridized carbons (Fsp3) is 0.500. The number of halogens is 2. The number of likely N-dealkylation sites (tertiary alicyclic amines) is 2. The second kappa shape index (κ2) is 11.0. The Balaban J connectivity index is 1.14. The average Bonchev–Trinajstić information content (AvgIpc) is 2.90. The molecule has 1 aliphatic carbocycles. The van der Waals surface area contributed by atoms with Crippen molar-refractivity contribution in [2.24, 2.45) is 22.7 Å². The number of aliphatic hydroxyl groups excluding tert-OH is 1. The molecule has 3 atom stereocenters. The van der Waals surface area contributed by atoms with Crippen LogP contribution in [0, 0.1) is 17.8 Å². The van der Waals surface area contributed by atoms with Gasteiger partial charge in [-0.25, -0.2) is 0 Å². The Hall–Kier alpha value is -1.92. The number of hydrogen-bond donors (Lipinski definition) is 1. The highest BCUT2D eigenvalue weighted by atomic mass is 35.5. The van der Waals surface area contributed by atoms with Gasteiger partial charge in [-0.1, -0.05) is 47.5 Å². The van der Waals surface area contributed by atoms with E-state index in [9.17, 15) is 9.90 Å². The zero-order valence-electron chi connectivity index (χ0n) is 20.0. The predicted octanol–water partition coefficient (Wildman–Crippen LogP) is 4.93. The van der Waals surface area contributed by atoms with Crippen molar-refractivity contribution < 1.29 is 9.90 Å².